The van der Waals surface area contributed by atoms with Gasteiger partial charge in [-0.15, -0.1) is 0 Å². The van der Waals surface area contributed by atoms with Crippen molar-refractivity contribution in [3.05, 3.63) is 66.2 Å². The first kappa shape index (κ1) is 18.9. The molecular weight excluding hydrogens is 338 g/mol. The first-order valence-corrected chi connectivity index (χ1v) is 9.55. The summed E-state index contributed by atoms with van der Waals surface area (Å²) in [4.78, 5) is 11.4. The Morgan fingerprint density at radius 3 is 2.48 bits per heavy atom. The van der Waals surface area contributed by atoms with E-state index in [1.54, 1.807) is 6.92 Å². The first-order valence-electron chi connectivity index (χ1n) is 7.94. The molecule has 1 aliphatic carbocycles. The molecule has 0 aromatic heterocycles. The van der Waals surface area contributed by atoms with Gasteiger partial charge in [-0.2, -0.15) is 8.42 Å². The predicted molar refractivity (Wildman–Crippen MR) is 100 cm³/mol. The Hall–Kier alpha value is -2.44. The van der Waals surface area contributed by atoms with Gasteiger partial charge in [0.15, 0.2) is 0 Å². The molecule has 25 heavy (non-hydrogen) atoms. The molecule has 0 bridgehead atoms. The van der Waals surface area contributed by atoms with Crippen LogP contribution in [-0.2, 0) is 21.3 Å². The fraction of sp³-hybridized carbons (Fsp3) is 0.211. The van der Waals surface area contributed by atoms with Crippen molar-refractivity contribution in [1.82, 2.24) is 0 Å². The van der Waals surface area contributed by atoms with Gasteiger partial charge in [-0.3, -0.25) is 9.35 Å². The van der Waals surface area contributed by atoms with Gasteiger partial charge in [-0.25, -0.2) is 0 Å². The number of carbonyl (C=O) groups excluding carboxylic acids is 1. The smallest absolute Gasteiger partial charge is 0.264 e. The van der Waals surface area contributed by atoms with Gasteiger partial charge < -0.3 is 5.32 Å². The van der Waals surface area contributed by atoms with E-state index in [1.807, 2.05) is 24.3 Å². The summed E-state index contributed by atoms with van der Waals surface area (Å²) in [5.41, 5.74) is 5.87. The lowest BCUT2D eigenvalue weighted by molar-refractivity contribution is -0.111. The number of amides is 1. The summed E-state index contributed by atoms with van der Waals surface area (Å²) in [6.45, 7) is 5.17. The van der Waals surface area contributed by atoms with Crippen molar-refractivity contribution >= 4 is 21.7 Å². The molecular formula is C19H21NO4S. The number of hydrogen-bond acceptors (Lipinski definition) is 3. The number of nitrogens with one attached hydrogen (secondary N) is 1. The van der Waals surface area contributed by atoms with Crippen molar-refractivity contribution in [2.45, 2.75) is 19.8 Å². The Bertz CT molecular complexity index is 888. The topological polar surface area (TPSA) is 83.5 Å². The highest BCUT2D eigenvalue weighted by molar-refractivity contribution is 7.85. The van der Waals surface area contributed by atoms with Crippen LogP contribution in [0.15, 0.2) is 55.1 Å². The summed E-state index contributed by atoms with van der Waals surface area (Å²) in [5.74, 6) is -0.299. The predicted octanol–water partition coefficient (Wildman–Crippen LogP) is 3.67. The molecule has 1 aliphatic rings. The number of hydrogen-bond donors (Lipinski definition) is 2. The second kappa shape index (κ2) is 8.09. The second-order valence-electron chi connectivity index (χ2n) is 5.65. The van der Waals surface area contributed by atoms with Crippen LogP contribution in [0.2, 0.25) is 0 Å². The summed E-state index contributed by atoms with van der Waals surface area (Å²) in [5, 5.41) is 2.87. The maximum atomic E-state index is 11.4. The molecule has 1 amide bonds. The zero-order valence-electron chi connectivity index (χ0n) is 14.0. The van der Waals surface area contributed by atoms with E-state index in [0.717, 1.165) is 12.1 Å². The first-order chi connectivity index (χ1) is 11.9. The van der Waals surface area contributed by atoms with Crippen LogP contribution in [-0.4, -0.2) is 24.6 Å². The number of carbonyl (C=O) groups is 1. The molecule has 3 rings (SSSR count). The van der Waals surface area contributed by atoms with Gasteiger partial charge in [-0.05, 0) is 40.8 Å². The van der Waals surface area contributed by atoms with Crippen molar-refractivity contribution in [3.8, 4) is 11.1 Å². The molecule has 2 N–H and O–H groups in total. The molecule has 0 saturated carbocycles. The summed E-state index contributed by atoms with van der Waals surface area (Å²) in [7, 11) is -3.67. The zero-order valence-corrected chi connectivity index (χ0v) is 14.8. The molecule has 0 saturated heterocycles. The molecule has 132 valence electrons. The number of fused-ring (bicyclic) bond motifs is 3. The van der Waals surface area contributed by atoms with Crippen LogP contribution in [0, 0.1) is 0 Å². The van der Waals surface area contributed by atoms with E-state index < -0.39 is 10.1 Å². The number of benzene rings is 2. The Labute approximate surface area is 148 Å². The normalized spacial score (nSPS) is 11.6. The van der Waals surface area contributed by atoms with E-state index in [9.17, 15) is 13.2 Å². The molecule has 0 unspecified atom stereocenters. The third-order valence-electron chi connectivity index (χ3n) is 3.76. The number of rotatable bonds is 4. The summed E-state index contributed by atoms with van der Waals surface area (Å²) >= 11 is 0. The molecule has 6 heteroatoms. The summed E-state index contributed by atoms with van der Waals surface area (Å²) in [6.07, 6.45) is 2.64. The molecule has 0 aliphatic heterocycles. The highest BCUT2D eigenvalue weighted by Gasteiger charge is 2.20. The quantitative estimate of drug-likeness (QED) is 0.550. The van der Waals surface area contributed by atoms with Gasteiger partial charge in [-0.1, -0.05) is 49.9 Å². The van der Waals surface area contributed by atoms with Crippen LogP contribution in [0.1, 0.15) is 24.5 Å². The summed E-state index contributed by atoms with van der Waals surface area (Å²) in [6, 6.07) is 14.4. The maximum Gasteiger partial charge on any atom is 0.264 e. The van der Waals surface area contributed by atoms with Crippen molar-refractivity contribution < 1.29 is 17.8 Å². The van der Waals surface area contributed by atoms with E-state index in [1.165, 1.54) is 28.3 Å². The van der Waals surface area contributed by atoms with Crippen LogP contribution in [0.3, 0.4) is 0 Å². The fourth-order valence-corrected chi connectivity index (χ4v) is 3.23. The van der Waals surface area contributed by atoms with E-state index in [4.69, 9.17) is 4.55 Å². The monoisotopic (exact) mass is 359 g/mol. The second-order valence-corrected chi connectivity index (χ2v) is 7.22. The standard InChI is InChI=1S/C16H13NO.C3H8O3S/c1-2-16(18)17-15-9-5-8-13-12-7-4-3-6-11(12)10-14(13)15;1-2-3-7(4,5)6/h2-9H,1,10H2,(H,17,18);2-3H2,1H3,(H,4,5,6). The lowest BCUT2D eigenvalue weighted by atomic mass is 10.1. The molecule has 2 aromatic rings. The van der Waals surface area contributed by atoms with Gasteiger partial charge >= 0.3 is 0 Å². The third-order valence-corrected chi connectivity index (χ3v) is 4.68. The summed E-state index contributed by atoms with van der Waals surface area (Å²) < 4.78 is 27.6. The maximum absolute atomic E-state index is 11.4. The van der Waals surface area contributed by atoms with Crippen molar-refractivity contribution in [3.63, 3.8) is 0 Å². The Morgan fingerprint density at radius 2 is 1.88 bits per heavy atom. The third kappa shape index (κ3) is 5.01. The van der Waals surface area contributed by atoms with Gasteiger partial charge in [0.25, 0.3) is 10.1 Å². The van der Waals surface area contributed by atoms with Crippen molar-refractivity contribution in [2.75, 3.05) is 11.1 Å². The van der Waals surface area contributed by atoms with E-state index in [-0.39, 0.29) is 11.7 Å². The highest BCUT2D eigenvalue weighted by Crippen LogP contribution is 2.39. The minimum Gasteiger partial charge on any atom is -0.322 e. The molecule has 0 fully saturated rings. The minimum atomic E-state index is -3.67. The largest absolute Gasteiger partial charge is 0.322 e. The Balaban J connectivity index is 0.000000277. The van der Waals surface area contributed by atoms with Crippen LogP contribution >= 0.6 is 0 Å². The number of anilines is 1. The lowest BCUT2D eigenvalue weighted by Gasteiger charge is -2.08. The van der Waals surface area contributed by atoms with Crippen molar-refractivity contribution in [1.29, 1.82) is 0 Å². The minimum absolute atomic E-state index is 0.132. The molecule has 0 spiro atoms. The average Bonchev–Trinajstić information content (AvgIpc) is 2.94. The molecule has 0 atom stereocenters. The Morgan fingerprint density at radius 1 is 1.20 bits per heavy atom. The van der Waals surface area contributed by atoms with Crippen LogP contribution in [0.4, 0.5) is 5.69 Å². The average molecular weight is 359 g/mol. The van der Waals surface area contributed by atoms with E-state index in [2.05, 4.69) is 30.1 Å². The Kier molecular flexibility index (Phi) is 6.12. The zero-order chi connectivity index (χ0) is 18.4. The van der Waals surface area contributed by atoms with Crippen molar-refractivity contribution in [2.24, 2.45) is 0 Å². The van der Waals surface area contributed by atoms with Crippen LogP contribution in [0.5, 0.6) is 0 Å². The fourth-order valence-electron chi connectivity index (χ4n) is 2.72. The van der Waals surface area contributed by atoms with Gasteiger partial charge in [0.05, 0.1) is 5.75 Å². The molecule has 0 radical (unpaired) electrons. The molecule has 2 aromatic carbocycles. The van der Waals surface area contributed by atoms with Gasteiger partial charge in [0, 0.05) is 12.1 Å². The van der Waals surface area contributed by atoms with Crippen LogP contribution < -0.4 is 5.32 Å². The van der Waals surface area contributed by atoms with Crippen LogP contribution in [0.25, 0.3) is 11.1 Å². The lowest BCUT2D eigenvalue weighted by Crippen LogP contribution is -2.09. The highest BCUT2D eigenvalue weighted by atomic mass is 32.2. The molecule has 0 heterocycles. The van der Waals surface area contributed by atoms with E-state index >= 15 is 0 Å². The van der Waals surface area contributed by atoms with E-state index in [0.29, 0.717) is 6.42 Å². The van der Waals surface area contributed by atoms with Gasteiger partial charge in [0.1, 0.15) is 0 Å². The van der Waals surface area contributed by atoms with Gasteiger partial charge in [0.2, 0.25) is 5.91 Å². The SMILES string of the molecule is C=CC(=O)Nc1cccc2c1Cc1ccccc1-2.CCCS(=O)(=O)O. The molecule has 5 nitrogen and oxygen atoms in total.